The van der Waals surface area contributed by atoms with E-state index in [2.05, 4.69) is 48.4 Å². The van der Waals surface area contributed by atoms with Crippen molar-refractivity contribution in [1.82, 2.24) is 15.1 Å². The van der Waals surface area contributed by atoms with Crippen molar-refractivity contribution < 1.29 is 4.74 Å². The van der Waals surface area contributed by atoms with Crippen LogP contribution < -0.4 is 5.84 Å². The summed E-state index contributed by atoms with van der Waals surface area (Å²) in [5, 5.41) is 8.41. The topological polar surface area (TPSA) is 66.0 Å². The molecule has 0 amide bonds. The highest BCUT2D eigenvalue weighted by atomic mass is 16.5. The van der Waals surface area contributed by atoms with E-state index in [1.165, 1.54) is 10.4 Å². The number of hydrogen-bond acceptors (Lipinski definition) is 4. The Hall–Kier alpha value is -2.66. The van der Waals surface area contributed by atoms with Gasteiger partial charge in [0.25, 0.3) is 0 Å². The largest absolute Gasteiger partial charge is 0.371 e. The third-order valence-corrected chi connectivity index (χ3v) is 4.37. The van der Waals surface area contributed by atoms with Gasteiger partial charge in [-0.05, 0) is 30.2 Å². The maximum Gasteiger partial charge on any atom is 0.123 e. The van der Waals surface area contributed by atoms with Gasteiger partial charge in [-0.1, -0.05) is 48.5 Å². The molecule has 1 heterocycles. The van der Waals surface area contributed by atoms with E-state index in [0.717, 1.165) is 34.5 Å². The zero-order valence-corrected chi connectivity index (χ0v) is 13.8. The summed E-state index contributed by atoms with van der Waals surface area (Å²) in [7, 11) is 0. The average Bonchev–Trinajstić information content (AvgIpc) is 2.94. The van der Waals surface area contributed by atoms with Crippen LogP contribution in [0.5, 0.6) is 0 Å². The molecule has 0 saturated carbocycles. The molecule has 1 aliphatic rings. The summed E-state index contributed by atoms with van der Waals surface area (Å²) in [4.78, 5) is 1.37. The van der Waals surface area contributed by atoms with Crippen LogP contribution in [-0.2, 0) is 11.2 Å². The van der Waals surface area contributed by atoms with E-state index < -0.39 is 0 Å². The fraction of sp³-hybridized carbons (Fsp3) is 0.263. The minimum absolute atomic E-state index is 0.0292. The number of nitrogens with two attached hydrogens (primary N) is 1. The lowest BCUT2D eigenvalue weighted by Crippen LogP contribution is -2.17. The second kappa shape index (κ2) is 5.76. The van der Waals surface area contributed by atoms with Crippen molar-refractivity contribution >= 4 is 0 Å². The van der Waals surface area contributed by atoms with Crippen LogP contribution in [0.25, 0.3) is 22.5 Å². The Labute approximate surface area is 141 Å². The van der Waals surface area contributed by atoms with Crippen molar-refractivity contribution in [3.05, 3.63) is 59.7 Å². The van der Waals surface area contributed by atoms with Gasteiger partial charge in [-0.3, -0.25) is 0 Å². The second-order valence-corrected chi connectivity index (χ2v) is 6.35. The Balaban J connectivity index is 2.01. The summed E-state index contributed by atoms with van der Waals surface area (Å²) in [6, 6.07) is 16.5. The first-order chi connectivity index (χ1) is 11.6. The van der Waals surface area contributed by atoms with Gasteiger partial charge in [-0.2, -0.15) is 4.79 Å². The van der Waals surface area contributed by atoms with Crippen LogP contribution in [0.4, 0.5) is 0 Å². The predicted molar refractivity (Wildman–Crippen MR) is 93.7 cm³/mol. The van der Waals surface area contributed by atoms with Gasteiger partial charge in [0.05, 0.1) is 12.2 Å². The number of nitrogen functional groups attached to an aromatic ring is 1. The molecule has 0 bridgehead atoms. The average molecular weight is 320 g/mol. The van der Waals surface area contributed by atoms with E-state index in [1.54, 1.807) is 0 Å². The number of ether oxygens (including phenoxy) is 1. The number of fused-ring (bicyclic) bond motifs is 5. The van der Waals surface area contributed by atoms with E-state index in [0.29, 0.717) is 0 Å². The van der Waals surface area contributed by atoms with Crippen LogP contribution >= 0.6 is 0 Å². The summed E-state index contributed by atoms with van der Waals surface area (Å²) in [6.07, 6.45) is 0.897. The zero-order chi connectivity index (χ0) is 16.7. The molecule has 0 aliphatic heterocycles. The summed E-state index contributed by atoms with van der Waals surface area (Å²) in [6.45, 7) is 4.13. The Morgan fingerprint density at radius 1 is 1.08 bits per heavy atom. The maximum atomic E-state index is 6.25. The van der Waals surface area contributed by atoms with Gasteiger partial charge in [0.1, 0.15) is 11.4 Å². The third kappa shape index (κ3) is 2.37. The summed E-state index contributed by atoms with van der Waals surface area (Å²) < 4.78 is 6.25. The second-order valence-electron chi connectivity index (χ2n) is 6.35. The summed E-state index contributed by atoms with van der Waals surface area (Å²) in [5.74, 6) is 6.08. The molecule has 0 radical (unpaired) electrons. The predicted octanol–water partition coefficient (Wildman–Crippen LogP) is 3.35. The molecular formula is C19H20N4O. The molecule has 1 aliphatic carbocycles. The molecule has 1 unspecified atom stereocenters. The monoisotopic (exact) mass is 320 g/mol. The number of aromatic nitrogens is 3. The van der Waals surface area contributed by atoms with Crippen LogP contribution in [0.3, 0.4) is 0 Å². The molecule has 5 nitrogen and oxygen atoms in total. The molecule has 122 valence electrons. The van der Waals surface area contributed by atoms with Crippen molar-refractivity contribution in [2.24, 2.45) is 0 Å². The Morgan fingerprint density at radius 3 is 2.58 bits per heavy atom. The van der Waals surface area contributed by atoms with Gasteiger partial charge in [0.2, 0.25) is 0 Å². The first-order valence-corrected chi connectivity index (χ1v) is 8.19. The smallest absolute Gasteiger partial charge is 0.123 e. The van der Waals surface area contributed by atoms with Crippen LogP contribution in [0.2, 0.25) is 0 Å². The standard InChI is InChI=1S/C19H20N4O/c1-12(2)24-17-11-13-7-3-4-8-14(13)19-18(21-22-23(19)20)16-10-6-5-9-15(16)17/h3-10,12,17H,11,20H2,1-2H3. The van der Waals surface area contributed by atoms with Crippen LogP contribution in [0, 0.1) is 0 Å². The SMILES string of the molecule is CC(C)OC1Cc2ccccc2-c2c(nnn2N)-c2ccccc21. The van der Waals surface area contributed by atoms with E-state index in [9.17, 15) is 0 Å². The van der Waals surface area contributed by atoms with Crippen LogP contribution in [0.15, 0.2) is 48.5 Å². The van der Waals surface area contributed by atoms with E-state index >= 15 is 0 Å². The molecule has 2 N–H and O–H groups in total. The lowest BCUT2D eigenvalue weighted by atomic mass is 9.87. The molecular weight excluding hydrogens is 300 g/mol. The van der Waals surface area contributed by atoms with Gasteiger partial charge < -0.3 is 10.6 Å². The fourth-order valence-corrected chi connectivity index (χ4v) is 3.41. The highest BCUT2D eigenvalue weighted by Gasteiger charge is 2.28. The van der Waals surface area contributed by atoms with E-state index in [4.69, 9.17) is 10.6 Å². The first-order valence-electron chi connectivity index (χ1n) is 8.19. The number of hydrogen-bond donors (Lipinski definition) is 1. The molecule has 24 heavy (non-hydrogen) atoms. The summed E-state index contributed by atoms with van der Waals surface area (Å²) >= 11 is 0. The number of nitrogens with zero attached hydrogens (tertiary/aromatic N) is 3. The molecule has 0 spiro atoms. The van der Waals surface area contributed by atoms with Crippen molar-refractivity contribution in [3.63, 3.8) is 0 Å². The molecule has 0 saturated heterocycles. The van der Waals surface area contributed by atoms with Gasteiger partial charge in [-0.25, -0.2) is 0 Å². The van der Waals surface area contributed by atoms with Gasteiger partial charge in [0.15, 0.2) is 0 Å². The van der Waals surface area contributed by atoms with Crippen molar-refractivity contribution in [2.45, 2.75) is 32.5 Å². The number of rotatable bonds is 2. The van der Waals surface area contributed by atoms with Crippen molar-refractivity contribution in [3.8, 4) is 22.5 Å². The fourth-order valence-electron chi connectivity index (χ4n) is 3.41. The van der Waals surface area contributed by atoms with Gasteiger partial charge in [0, 0.05) is 17.5 Å². The first kappa shape index (κ1) is 14.9. The highest BCUT2D eigenvalue weighted by Crippen LogP contribution is 2.41. The molecule has 5 heteroatoms. The minimum atomic E-state index is -0.0292. The van der Waals surface area contributed by atoms with E-state index in [-0.39, 0.29) is 12.2 Å². The summed E-state index contributed by atoms with van der Waals surface area (Å²) in [5.41, 5.74) is 6.06. The van der Waals surface area contributed by atoms with Crippen molar-refractivity contribution in [2.75, 3.05) is 5.84 Å². The molecule has 4 rings (SSSR count). The molecule has 0 fully saturated rings. The Morgan fingerprint density at radius 2 is 1.79 bits per heavy atom. The molecule has 3 aromatic rings. The molecule has 1 aromatic heterocycles. The zero-order valence-electron chi connectivity index (χ0n) is 13.8. The minimum Gasteiger partial charge on any atom is -0.371 e. The van der Waals surface area contributed by atoms with Gasteiger partial charge in [-0.15, -0.1) is 5.10 Å². The molecule has 2 aromatic carbocycles. The number of benzene rings is 2. The third-order valence-electron chi connectivity index (χ3n) is 4.37. The lowest BCUT2D eigenvalue weighted by molar-refractivity contribution is 0.00716. The maximum absolute atomic E-state index is 6.25. The quantitative estimate of drug-likeness (QED) is 0.735. The van der Waals surface area contributed by atoms with Crippen molar-refractivity contribution in [1.29, 1.82) is 0 Å². The van der Waals surface area contributed by atoms with Crippen LogP contribution in [0.1, 0.15) is 31.1 Å². The Bertz CT molecular complexity index is 885. The van der Waals surface area contributed by atoms with Crippen LogP contribution in [-0.4, -0.2) is 21.2 Å². The lowest BCUT2D eigenvalue weighted by Gasteiger charge is -2.26. The molecule has 1 atom stereocenters. The van der Waals surface area contributed by atoms with Gasteiger partial charge >= 0.3 is 0 Å². The highest BCUT2D eigenvalue weighted by molar-refractivity contribution is 5.82. The normalized spacial score (nSPS) is 16.0. The van der Waals surface area contributed by atoms with E-state index in [1.807, 2.05) is 24.3 Å². The Kier molecular flexibility index (Phi) is 3.58.